The van der Waals surface area contributed by atoms with Gasteiger partial charge in [-0.15, -0.1) is 0 Å². The molecule has 2 aromatic carbocycles. The fraction of sp³-hybridized carbons (Fsp3) is 0.310. The minimum atomic E-state index is -0.349. The number of rotatable bonds is 14. The number of ether oxygens (including phenoxy) is 3. The lowest BCUT2D eigenvalue weighted by Gasteiger charge is -2.08. The highest BCUT2D eigenvalue weighted by atomic mass is 16.5. The van der Waals surface area contributed by atoms with Crippen molar-refractivity contribution >= 4 is 11.8 Å². The summed E-state index contributed by atoms with van der Waals surface area (Å²) in [4.78, 5) is 24.4. The van der Waals surface area contributed by atoms with Gasteiger partial charge in [-0.2, -0.15) is 0 Å². The Morgan fingerprint density at radius 2 is 1.32 bits per heavy atom. The summed E-state index contributed by atoms with van der Waals surface area (Å²) in [5.74, 6) is 2.11. The van der Waals surface area contributed by atoms with Crippen LogP contribution in [0.4, 0.5) is 0 Å². The third-order valence-electron chi connectivity index (χ3n) is 5.70. The Kier molecular flexibility index (Phi) is 9.89. The van der Waals surface area contributed by atoms with E-state index in [4.69, 9.17) is 23.3 Å². The fourth-order valence-electron chi connectivity index (χ4n) is 3.54. The lowest BCUT2D eigenvalue weighted by molar-refractivity contribution is 0.0860. The van der Waals surface area contributed by atoms with E-state index in [0.717, 1.165) is 16.9 Å². The van der Waals surface area contributed by atoms with Crippen LogP contribution < -0.4 is 20.1 Å². The normalized spacial score (nSPS) is 10.9. The van der Waals surface area contributed by atoms with E-state index < -0.39 is 0 Å². The minimum Gasteiger partial charge on any atom is -0.497 e. The quantitative estimate of drug-likeness (QED) is 0.222. The Morgan fingerprint density at radius 3 is 1.88 bits per heavy atom. The minimum absolute atomic E-state index is 0.188. The van der Waals surface area contributed by atoms with E-state index in [9.17, 15) is 9.59 Å². The molecule has 0 aliphatic carbocycles. The maximum absolute atomic E-state index is 12.3. The smallest absolute Gasteiger partial charge is 0.273 e. The summed E-state index contributed by atoms with van der Waals surface area (Å²) in [6.07, 6.45) is 0. The zero-order valence-corrected chi connectivity index (χ0v) is 22.6. The van der Waals surface area contributed by atoms with Gasteiger partial charge in [0, 0.05) is 36.3 Å². The van der Waals surface area contributed by atoms with E-state index >= 15 is 0 Å². The first-order chi connectivity index (χ1) is 19.4. The predicted octanol–water partition coefficient (Wildman–Crippen LogP) is 4.22. The molecule has 0 saturated heterocycles. The number of aromatic nitrogens is 2. The Labute approximate surface area is 231 Å². The van der Waals surface area contributed by atoms with Gasteiger partial charge >= 0.3 is 0 Å². The molecule has 4 rings (SSSR count). The van der Waals surface area contributed by atoms with Gasteiger partial charge in [0.25, 0.3) is 11.8 Å². The summed E-state index contributed by atoms with van der Waals surface area (Å²) in [5.41, 5.74) is 1.99. The van der Waals surface area contributed by atoms with Crippen molar-refractivity contribution in [3.05, 3.63) is 72.1 Å². The number of amides is 2. The van der Waals surface area contributed by atoms with Gasteiger partial charge in [-0.1, -0.05) is 24.2 Å². The van der Waals surface area contributed by atoms with Crippen molar-refractivity contribution in [2.75, 3.05) is 40.0 Å². The molecular weight excluding hydrogens is 516 g/mol. The molecule has 0 fully saturated rings. The van der Waals surface area contributed by atoms with Crippen molar-refractivity contribution in [1.82, 2.24) is 20.9 Å². The molecule has 0 radical (unpaired) electrons. The van der Waals surface area contributed by atoms with Crippen molar-refractivity contribution in [2.45, 2.75) is 13.8 Å². The second-order valence-corrected chi connectivity index (χ2v) is 9.23. The highest BCUT2D eigenvalue weighted by molar-refractivity contribution is 5.93. The van der Waals surface area contributed by atoms with E-state index in [2.05, 4.69) is 20.9 Å². The Bertz CT molecular complexity index is 1380. The van der Waals surface area contributed by atoms with E-state index in [1.807, 2.05) is 38.1 Å². The van der Waals surface area contributed by atoms with Crippen molar-refractivity contribution in [1.29, 1.82) is 0 Å². The Morgan fingerprint density at radius 1 is 0.775 bits per heavy atom. The fourth-order valence-corrected chi connectivity index (χ4v) is 3.54. The maximum atomic E-state index is 12.3. The number of hydrogen-bond donors (Lipinski definition) is 2. The molecule has 40 heavy (non-hydrogen) atoms. The second kappa shape index (κ2) is 13.9. The molecule has 0 atom stereocenters. The third kappa shape index (κ3) is 7.93. The van der Waals surface area contributed by atoms with Crippen LogP contribution in [0.5, 0.6) is 11.5 Å². The molecule has 0 aliphatic rings. The van der Waals surface area contributed by atoms with Crippen LogP contribution in [-0.4, -0.2) is 62.1 Å². The molecule has 4 aromatic rings. The summed E-state index contributed by atoms with van der Waals surface area (Å²) in [5, 5.41) is 13.2. The lowest BCUT2D eigenvalue weighted by Crippen LogP contribution is -2.28. The molecule has 0 aliphatic heterocycles. The van der Waals surface area contributed by atoms with Crippen LogP contribution >= 0.6 is 0 Å². The van der Waals surface area contributed by atoms with Crippen molar-refractivity contribution in [2.24, 2.45) is 5.92 Å². The first kappa shape index (κ1) is 28.4. The molecule has 2 N–H and O–H groups in total. The average Bonchev–Trinajstić information content (AvgIpc) is 3.67. The van der Waals surface area contributed by atoms with Crippen LogP contribution in [0.3, 0.4) is 0 Å². The van der Waals surface area contributed by atoms with E-state index in [1.165, 1.54) is 0 Å². The number of nitrogens with one attached hydrogen (secondary N) is 2. The zero-order valence-electron chi connectivity index (χ0n) is 22.6. The van der Waals surface area contributed by atoms with E-state index in [0.29, 0.717) is 56.1 Å². The summed E-state index contributed by atoms with van der Waals surface area (Å²) in [6.45, 7) is 5.92. The summed E-state index contributed by atoms with van der Waals surface area (Å²) in [6, 6.07) is 17.7. The van der Waals surface area contributed by atoms with Gasteiger partial charge < -0.3 is 33.9 Å². The third-order valence-corrected chi connectivity index (χ3v) is 5.70. The van der Waals surface area contributed by atoms with Gasteiger partial charge in [0.1, 0.15) is 18.1 Å². The molecular formula is C29H32N4O7. The van der Waals surface area contributed by atoms with E-state index in [1.54, 1.807) is 43.5 Å². The number of methoxy groups -OCH3 is 1. The lowest BCUT2D eigenvalue weighted by atomic mass is 10.1. The zero-order chi connectivity index (χ0) is 28.3. The number of benzene rings is 2. The molecule has 0 bridgehead atoms. The summed E-state index contributed by atoms with van der Waals surface area (Å²) >= 11 is 0. The van der Waals surface area contributed by atoms with Gasteiger partial charge in [-0.05, 0) is 54.4 Å². The highest BCUT2D eigenvalue weighted by Crippen LogP contribution is 2.24. The predicted molar refractivity (Wildman–Crippen MR) is 146 cm³/mol. The van der Waals surface area contributed by atoms with Gasteiger partial charge in [0.2, 0.25) is 0 Å². The topological polar surface area (TPSA) is 138 Å². The van der Waals surface area contributed by atoms with Gasteiger partial charge in [-0.25, -0.2) is 0 Å². The van der Waals surface area contributed by atoms with Gasteiger partial charge in [0.15, 0.2) is 22.9 Å². The Hall–Kier alpha value is -4.64. The van der Waals surface area contributed by atoms with Crippen LogP contribution in [0.1, 0.15) is 34.8 Å². The van der Waals surface area contributed by atoms with Crippen LogP contribution in [-0.2, 0) is 4.74 Å². The van der Waals surface area contributed by atoms with Gasteiger partial charge in [-0.3, -0.25) is 9.59 Å². The molecule has 2 heterocycles. The first-order valence-corrected chi connectivity index (χ1v) is 12.9. The molecule has 210 valence electrons. The first-order valence-electron chi connectivity index (χ1n) is 12.9. The maximum Gasteiger partial charge on any atom is 0.273 e. The Balaban J connectivity index is 1.12. The highest BCUT2D eigenvalue weighted by Gasteiger charge is 2.15. The summed E-state index contributed by atoms with van der Waals surface area (Å²) < 4.78 is 27.0. The van der Waals surface area contributed by atoms with Crippen molar-refractivity contribution in [3.63, 3.8) is 0 Å². The largest absolute Gasteiger partial charge is 0.497 e. The van der Waals surface area contributed by atoms with Crippen LogP contribution in [0, 0.1) is 5.92 Å². The molecule has 2 aromatic heterocycles. The van der Waals surface area contributed by atoms with Crippen LogP contribution in [0.25, 0.3) is 22.6 Å². The standard InChI is InChI=1S/C29H32N4O7/c1-19(2)18-31-29(35)25-17-27(40-33-25)21-6-10-23(11-7-21)38-15-14-37-13-12-30-28(34)24-16-26(39-32-24)20-4-8-22(36-3)9-5-20/h4-11,16-17,19H,12-15,18H2,1-3H3,(H,30,34)(H,31,35). The average molecular weight is 549 g/mol. The number of hydrogen-bond acceptors (Lipinski definition) is 9. The monoisotopic (exact) mass is 548 g/mol. The number of carbonyl (C=O) groups excluding carboxylic acids is 2. The molecule has 0 spiro atoms. The molecule has 0 saturated carbocycles. The van der Waals surface area contributed by atoms with Crippen LogP contribution in [0.2, 0.25) is 0 Å². The summed E-state index contributed by atoms with van der Waals surface area (Å²) in [7, 11) is 1.59. The van der Waals surface area contributed by atoms with E-state index in [-0.39, 0.29) is 23.2 Å². The molecule has 0 unspecified atom stereocenters. The molecule has 2 amide bonds. The molecule has 11 nitrogen and oxygen atoms in total. The SMILES string of the molecule is COc1ccc(-c2cc(C(=O)NCCOCCOc3ccc(-c4cc(C(=O)NCC(C)C)no4)cc3)no2)cc1. The molecule has 11 heteroatoms. The van der Waals surface area contributed by atoms with Crippen molar-refractivity contribution < 1.29 is 32.8 Å². The van der Waals surface area contributed by atoms with Crippen LogP contribution in [0.15, 0.2) is 69.7 Å². The number of nitrogens with zero attached hydrogens (tertiary/aromatic N) is 2. The number of carbonyl (C=O) groups is 2. The van der Waals surface area contributed by atoms with Gasteiger partial charge in [0.05, 0.1) is 20.3 Å². The van der Waals surface area contributed by atoms with Crippen molar-refractivity contribution in [3.8, 4) is 34.1 Å². The second-order valence-electron chi connectivity index (χ2n) is 9.23.